The maximum absolute atomic E-state index is 6.13. The second kappa shape index (κ2) is 4.87. The molecule has 0 unspecified atom stereocenters. The molecule has 3 aromatic heterocycles. The van der Waals surface area contributed by atoms with E-state index in [0.717, 1.165) is 15.3 Å². The summed E-state index contributed by atoms with van der Waals surface area (Å²) < 4.78 is 2.74. The fraction of sp³-hybridized carbons (Fsp3) is 0. The average Bonchev–Trinajstić information content (AvgIpc) is 2.76. The molecular weight excluding hydrogens is 336 g/mol. The Morgan fingerprint density at radius 3 is 3.00 bits per heavy atom. The molecule has 0 aliphatic rings. The van der Waals surface area contributed by atoms with Gasteiger partial charge in [0.25, 0.3) is 0 Å². The van der Waals surface area contributed by atoms with Crippen molar-refractivity contribution in [1.82, 2.24) is 19.6 Å². The van der Waals surface area contributed by atoms with Crippen molar-refractivity contribution in [3.63, 3.8) is 0 Å². The molecule has 0 radical (unpaired) electrons. The van der Waals surface area contributed by atoms with E-state index in [9.17, 15) is 0 Å². The molecule has 0 aliphatic heterocycles. The van der Waals surface area contributed by atoms with Crippen LogP contribution in [0.5, 0.6) is 0 Å². The topological polar surface area (TPSA) is 43.1 Å². The third-order valence-electron chi connectivity index (χ3n) is 2.24. The van der Waals surface area contributed by atoms with Crippen LogP contribution in [0, 0.1) is 0 Å². The molecule has 0 atom stereocenters. The summed E-state index contributed by atoms with van der Waals surface area (Å²) in [6.45, 7) is 0. The van der Waals surface area contributed by atoms with Gasteiger partial charge in [-0.2, -0.15) is 0 Å². The summed E-state index contributed by atoms with van der Waals surface area (Å²) in [6, 6.07) is 7.55. The number of hydrogen-bond acceptors (Lipinski definition) is 4. The Morgan fingerprint density at radius 2 is 2.17 bits per heavy atom. The Balaban J connectivity index is 2.01. The van der Waals surface area contributed by atoms with Gasteiger partial charge in [0.2, 0.25) is 5.16 Å². The van der Waals surface area contributed by atoms with Gasteiger partial charge < -0.3 is 0 Å². The molecule has 3 aromatic rings. The molecule has 3 rings (SSSR count). The molecule has 0 amide bonds. The van der Waals surface area contributed by atoms with Crippen LogP contribution in [0.25, 0.3) is 5.65 Å². The monoisotopic (exact) mass is 340 g/mol. The number of halogens is 2. The molecular formula is C11H6BrClN4S. The van der Waals surface area contributed by atoms with Gasteiger partial charge in [0, 0.05) is 16.9 Å². The third-order valence-corrected chi connectivity index (χ3v) is 4.06. The van der Waals surface area contributed by atoms with Gasteiger partial charge >= 0.3 is 0 Å². The smallest absolute Gasteiger partial charge is 0.201 e. The lowest BCUT2D eigenvalue weighted by atomic mass is 10.5. The van der Waals surface area contributed by atoms with Crippen LogP contribution in [0.3, 0.4) is 0 Å². The first-order valence-corrected chi connectivity index (χ1v) is 7.01. The number of nitrogens with zero attached hydrogens (tertiary/aromatic N) is 4. The lowest BCUT2D eigenvalue weighted by Crippen LogP contribution is -1.88. The average molecular weight is 342 g/mol. The summed E-state index contributed by atoms with van der Waals surface area (Å²) in [6.07, 6.45) is 3.61. The summed E-state index contributed by atoms with van der Waals surface area (Å²) in [5, 5.41) is 10.2. The third kappa shape index (κ3) is 2.23. The van der Waals surface area contributed by atoms with E-state index in [2.05, 4.69) is 31.1 Å². The molecule has 0 saturated carbocycles. The standard InChI is InChI=1S/C11H6BrClN4S/c12-7-5-8(13)10(14-6-7)18-11-16-15-9-3-1-2-4-17(9)11/h1-6H. The summed E-state index contributed by atoms with van der Waals surface area (Å²) in [5.74, 6) is 0. The Hall–Kier alpha value is -1.11. The van der Waals surface area contributed by atoms with Crippen LogP contribution in [0.4, 0.5) is 0 Å². The normalized spacial score (nSPS) is 11.0. The second-order valence-electron chi connectivity index (χ2n) is 3.45. The first-order chi connectivity index (χ1) is 8.74. The van der Waals surface area contributed by atoms with Crippen molar-refractivity contribution in [2.45, 2.75) is 10.2 Å². The van der Waals surface area contributed by atoms with Crippen molar-refractivity contribution < 1.29 is 0 Å². The van der Waals surface area contributed by atoms with Gasteiger partial charge in [-0.05, 0) is 45.9 Å². The van der Waals surface area contributed by atoms with Crippen LogP contribution in [-0.4, -0.2) is 19.6 Å². The summed E-state index contributed by atoms with van der Waals surface area (Å²) in [7, 11) is 0. The van der Waals surface area contributed by atoms with Crippen molar-refractivity contribution >= 4 is 44.9 Å². The van der Waals surface area contributed by atoms with Crippen molar-refractivity contribution in [2.24, 2.45) is 0 Å². The minimum absolute atomic E-state index is 0.585. The van der Waals surface area contributed by atoms with Crippen molar-refractivity contribution in [3.05, 3.63) is 46.2 Å². The predicted molar refractivity (Wildman–Crippen MR) is 74.1 cm³/mol. The highest BCUT2D eigenvalue weighted by atomic mass is 79.9. The molecule has 0 fully saturated rings. The SMILES string of the molecule is Clc1cc(Br)cnc1Sc1nnc2ccccn12. The molecule has 0 N–H and O–H groups in total. The highest BCUT2D eigenvalue weighted by Crippen LogP contribution is 2.31. The van der Waals surface area contributed by atoms with E-state index in [-0.39, 0.29) is 0 Å². The highest BCUT2D eigenvalue weighted by molar-refractivity contribution is 9.10. The van der Waals surface area contributed by atoms with E-state index in [1.807, 2.05) is 28.8 Å². The molecule has 0 bridgehead atoms. The van der Waals surface area contributed by atoms with Gasteiger partial charge in [-0.3, -0.25) is 4.40 Å². The summed E-state index contributed by atoms with van der Waals surface area (Å²) in [4.78, 5) is 4.26. The van der Waals surface area contributed by atoms with Crippen LogP contribution < -0.4 is 0 Å². The number of hydrogen-bond donors (Lipinski definition) is 0. The van der Waals surface area contributed by atoms with Gasteiger partial charge in [-0.1, -0.05) is 17.7 Å². The zero-order valence-corrected chi connectivity index (χ0v) is 12.1. The number of pyridine rings is 2. The van der Waals surface area contributed by atoms with E-state index in [1.165, 1.54) is 11.8 Å². The molecule has 0 saturated heterocycles. The zero-order valence-electron chi connectivity index (χ0n) is 8.92. The highest BCUT2D eigenvalue weighted by Gasteiger charge is 2.10. The fourth-order valence-corrected chi connectivity index (χ4v) is 2.97. The molecule has 90 valence electrons. The van der Waals surface area contributed by atoms with Gasteiger partial charge in [0.05, 0.1) is 5.02 Å². The minimum Gasteiger partial charge on any atom is -0.277 e. The van der Waals surface area contributed by atoms with E-state index < -0.39 is 0 Å². The molecule has 7 heteroatoms. The molecule has 3 heterocycles. The van der Waals surface area contributed by atoms with Gasteiger partial charge in [-0.15, -0.1) is 10.2 Å². The molecule has 18 heavy (non-hydrogen) atoms. The van der Waals surface area contributed by atoms with E-state index in [0.29, 0.717) is 10.0 Å². The zero-order chi connectivity index (χ0) is 12.5. The predicted octanol–water partition coefficient (Wildman–Crippen LogP) is 3.69. The van der Waals surface area contributed by atoms with E-state index in [1.54, 1.807) is 12.3 Å². The lowest BCUT2D eigenvalue weighted by molar-refractivity contribution is 0.917. The van der Waals surface area contributed by atoms with Crippen molar-refractivity contribution in [1.29, 1.82) is 0 Å². The molecule has 0 aliphatic carbocycles. The first kappa shape index (κ1) is 12.0. The van der Waals surface area contributed by atoms with Crippen molar-refractivity contribution in [3.8, 4) is 0 Å². The van der Waals surface area contributed by atoms with Crippen molar-refractivity contribution in [2.75, 3.05) is 0 Å². The van der Waals surface area contributed by atoms with Gasteiger partial charge in [0.15, 0.2) is 5.65 Å². The molecule has 0 spiro atoms. The number of fused-ring (bicyclic) bond motifs is 1. The largest absolute Gasteiger partial charge is 0.277 e. The van der Waals surface area contributed by atoms with Crippen LogP contribution in [0.2, 0.25) is 5.02 Å². The van der Waals surface area contributed by atoms with Crippen LogP contribution in [0.1, 0.15) is 0 Å². The van der Waals surface area contributed by atoms with Crippen LogP contribution >= 0.6 is 39.3 Å². The summed E-state index contributed by atoms with van der Waals surface area (Å²) >= 11 is 10.8. The second-order valence-corrected chi connectivity index (χ2v) is 5.73. The van der Waals surface area contributed by atoms with Crippen LogP contribution in [-0.2, 0) is 0 Å². The number of rotatable bonds is 2. The maximum atomic E-state index is 6.13. The lowest BCUT2D eigenvalue weighted by Gasteiger charge is -2.01. The Kier molecular flexibility index (Phi) is 3.23. The Labute approximate surface area is 121 Å². The Bertz CT molecular complexity index is 715. The maximum Gasteiger partial charge on any atom is 0.201 e. The van der Waals surface area contributed by atoms with E-state index in [4.69, 9.17) is 11.6 Å². The van der Waals surface area contributed by atoms with Crippen LogP contribution in [0.15, 0.2) is 51.3 Å². The van der Waals surface area contributed by atoms with E-state index >= 15 is 0 Å². The molecule has 0 aromatic carbocycles. The fourth-order valence-electron chi connectivity index (χ4n) is 1.45. The minimum atomic E-state index is 0.585. The molecule has 4 nitrogen and oxygen atoms in total. The first-order valence-electron chi connectivity index (χ1n) is 5.03. The number of aromatic nitrogens is 4. The Morgan fingerprint density at radius 1 is 1.28 bits per heavy atom. The quantitative estimate of drug-likeness (QED) is 0.713. The summed E-state index contributed by atoms with van der Waals surface area (Å²) in [5.41, 5.74) is 0.799. The van der Waals surface area contributed by atoms with Gasteiger partial charge in [-0.25, -0.2) is 4.98 Å². The van der Waals surface area contributed by atoms with Gasteiger partial charge in [0.1, 0.15) is 5.03 Å².